The van der Waals surface area contributed by atoms with Crippen LogP contribution in [0.2, 0.25) is 0 Å². The van der Waals surface area contributed by atoms with E-state index in [1.165, 1.54) is 18.0 Å². The van der Waals surface area contributed by atoms with Crippen molar-refractivity contribution in [1.29, 1.82) is 0 Å². The molecular weight excluding hydrogens is 308 g/mol. The van der Waals surface area contributed by atoms with Gasteiger partial charge in [0.05, 0.1) is 5.75 Å². The Morgan fingerprint density at radius 3 is 2.81 bits per heavy atom. The molecule has 21 heavy (non-hydrogen) atoms. The number of aromatic nitrogens is 1. The van der Waals surface area contributed by atoms with Gasteiger partial charge in [-0.2, -0.15) is 4.37 Å². The lowest BCUT2D eigenvalue weighted by atomic mass is 10.2. The normalized spacial score (nSPS) is 20.0. The highest BCUT2D eigenvalue weighted by Gasteiger charge is 2.29. The standard InChI is InChI=1S/C13H24N4O2S2/c1-4-17-8-6-7-10(17)9-16(3)13-11(12(14)15-20-13)21(18,19)5-2/h10H,4-9H2,1-3H3,(H2,14,15). The highest BCUT2D eigenvalue weighted by molar-refractivity contribution is 7.91. The summed E-state index contributed by atoms with van der Waals surface area (Å²) in [7, 11) is -1.42. The molecule has 0 radical (unpaired) electrons. The highest BCUT2D eigenvalue weighted by Crippen LogP contribution is 2.35. The molecule has 1 aromatic rings. The van der Waals surface area contributed by atoms with Crippen molar-refractivity contribution in [2.45, 2.75) is 37.6 Å². The number of nitrogen functional groups attached to an aromatic ring is 1. The molecule has 2 rings (SSSR count). The molecule has 1 aliphatic rings. The Bertz CT molecular complexity index is 585. The predicted octanol–water partition coefficient (Wildman–Crippen LogP) is 1.44. The van der Waals surface area contributed by atoms with Gasteiger partial charge in [0.2, 0.25) is 0 Å². The quantitative estimate of drug-likeness (QED) is 0.849. The minimum Gasteiger partial charge on any atom is -0.382 e. The van der Waals surface area contributed by atoms with Crippen LogP contribution in [-0.4, -0.2) is 56.2 Å². The number of sulfone groups is 1. The lowest BCUT2D eigenvalue weighted by Gasteiger charge is -2.28. The van der Waals surface area contributed by atoms with Crippen molar-refractivity contribution < 1.29 is 8.42 Å². The third-order valence-electron chi connectivity index (χ3n) is 4.08. The molecule has 0 spiro atoms. The van der Waals surface area contributed by atoms with Crippen molar-refractivity contribution >= 4 is 32.2 Å². The second-order valence-corrected chi connectivity index (χ2v) is 8.38. The van der Waals surface area contributed by atoms with Crippen LogP contribution in [0.3, 0.4) is 0 Å². The molecule has 2 heterocycles. The zero-order valence-electron chi connectivity index (χ0n) is 12.9. The van der Waals surface area contributed by atoms with Crippen LogP contribution in [0.4, 0.5) is 10.8 Å². The van der Waals surface area contributed by atoms with E-state index in [4.69, 9.17) is 5.73 Å². The maximum atomic E-state index is 12.2. The summed E-state index contributed by atoms with van der Waals surface area (Å²) >= 11 is 1.17. The van der Waals surface area contributed by atoms with Gasteiger partial charge in [0.1, 0.15) is 9.90 Å². The maximum absolute atomic E-state index is 12.2. The van der Waals surface area contributed by atoms with Gasteiger partial charge in [0, 0.05) is 19.6 Å². The molecule has 6 nitrogen and oxygen atoms in total. The average molecular weight is 332 g/mol. The van der Waals surface area contributed by atoms with Crippen LogP contribution >= 0.6 is 11.5 Å². The van der Waals surface area contributed by atoms with Crippen molar-refractivity contribution in [3.63, 3.8) is 0 Å². The summed E-state index contributed by atoms with van der Waals surface area (Å²) in [5.74, 6) is 0.170. The molecule has 1 aliphatic heterocycles. The van der Waals surface area contributed by atoms with Crippen LogP contribution in [0.15, 0.2) is 4.90 Å². The van der Waals surface area contributed by atoms with E-state index >= 15 is 0 Å². The summed E-state index contributed by atoms with van der Waals surface area (Å²) in [6, 6.07) is 0.473. The molecule has 0 aliphatic carbocycles. The molecule has 1 fully saturated rings. The van der Waals surface area contributed by atoms with Crippen LogP contribution in [0.1, 0.15) is 26.7 Å². The van der Waals surface area contributed by atoms with Gasteiger partial charge in [-0.05, 0) is 37.5 Å². The summed E-state index contributed by atoms with van der Waals surface area (Å²) in [4.78, 5) is 4.64. The number of anilines is 2. The first kappa shape index (κ1) is 16.5. The molecule has 1 aromatic heterocycles. The number of likely N-dealkylation sites (tertiary alicyclic amines) is 1. The molecule has 1 saturated heterocycles. The third-order valence-corrected chi connectivity index (χ3v) is 6.98. The van der Waals surface area contributed by atoms with Gasteiger partial charge in [-0.1, -0.05) is 13.8 Å². The van der Waals surface area contributed by atoms with Crippen molar-refractivity contribution in [3.05, 3.63) is 0 Å². The Hall–Kier alpha value is -0.860. The zero-order chi connectivity index (χ0) is 15.6. The van der Waals surface area contributed by atoms with Crippen molar-refractivity contribution in [2.24, 2.45) is 0 Å². The van der Waals surface area contributed by atoms with Gasteiger partial charge >= 0.3 is 0 Å². The minimum absolute atomic E-state index is 0.0426. The zero-order valence-corrected chi connectivity index (χ0v) is 14.5. The number of nitrogens with two attached hydrogens (primary N) is 1. The van der Waals surface area contributed by atoms with Crippen molar-refractivity contribution in [3.8, 4) is 0 Å². The van der Waals surface area contributed by atoms with E-state index in [-0.39, 0.29) is 16.5 Å². The Kier molecular flexibility index (Phi) is 5.11. The summed E-state index contributed by atoms with van der Waals surface area (Å²) in [5, 5.41) is 0.664. The first-order chi connectivity index (χ1) is 9.90. The molecule has 0 bridgehead atoms. The number of likely N-dealkylation sites (N-methyl/N-ethyl adjacent to an activating group) is 2. The fourth-order valence-electron chi connectivity index (χ4n) is 2.88. The molecular formula is C13H24N4O2S2. The second-order valence-electron chi connectivity index (χ2n) is 5.41. The highest BCUT2D eigenvalue weighted by atomic mass is 32.2. The molecule has 0 amide bonds. The predicted molar refractivity (Wildman–Crippen MR) is 87.8 cm³/mol. The fraction of sp³-hybridized carbons (Fsp3) is 0.769. The molecule has 120 valence electrons. The smallest absolute Gasteiger partial charge is 0.184 e. The lowest BCUT2D eigenvalue weighted by molar-refractivity contribution is 0.271. The molecule has 0 aromatic carbocycles. The van der Waals surface area contributed by atoms with Gasteiger partial charge < -0.3 is 10.6 Å². The number of nitrogens with zero attached hydrogens (tertiary/aromatic N) is 3. The van der Waals surface area contributed by atoms with Crippen LogP contribution < -0.4 is 10.6 Å². The monoisotopic (exact) mass is 332 g/mol. The van der Waals surface area contributed by atoms with Crippen molar-refractivity contribution in [1.82, 2.24) is 9.27 Å². The summed E-state index contributed by atoms with van der Waals surface area (Å²) in [5.41, 5.74) is 5.79. The fourth-order valence-corrected chi connectivity index (χ4v) is 5.18. The summed E-state index contributed by atoms with van der Waals surface area (Å²) in [6.45, 7) is 6.76. The second kappa shape index (κ2) is 6.50. The number of hydrogen-bond acceptors (Lipinski definition) is 7. The maximum Gasteiger partial charge on any atom is 0.184 e. The van der Waals surface area contributed by atoms with Gasteiger partial charge in [0.15, 0.2) is 15.7 Å². The first-order valence-electron chi connectivity index (χ1n) is 7.33. The molecule has 2 N–H and O–H groups in total. The van der Waals surface area contributed by atoms with E-state index < -0.39 is 9.84 Å². The number of hydrogen-bond donors (Lipinski definition) is 1. The van der Waals surface area contributed by atoms with Crippen LogP contribution in [0.25, 0.3) is 0 Å². The molecule has 1 unspecified atom stereocenters. The number of rotatable bonds is 6. The van der Waals surface area contributed by atoms with Crippen LogP contribution in [-0.2, 0) is 9.84 Å². The average Bonchev–Trinajstić information content (AvgIpc) is 3.05. The molecule has 8 heteroatoms. The largest absolute Gasteiger partial charge is 0.382 e. The van der Waals surface area contributed by atoms with E-state index in [2.05, 4.69) is 16.2 Å². The van der Waals surface area contributed by atoms with Crippen molar-refractivity contribution in [2.75, 3.05) is 43.1 Å². The van der Waals surface area contributed by atoms with Gasteiger partial charge in [-0.15, -0.1) is 0 Å². The van der Waals surface area contributed by atoms with E-state index in [0.717, 1.165) is 26.1 Å². The van der Waals surface area contributed by atoms with E-state index in [1.807, 2.05) is 11.9 Å². The Balaban J connectivity index is 2.22. The Morgan fingerprint density at radius 2 is 2.19 bits per heavy atom. The SMILES string of the molecule is CCN1CCCC1CN(C)c1snc(N)c1S(=O)(=O)CC. The summed E-state index contributed by atoms with van der Waals surface area (Å²) < 4.78 is 28.5. The van der Waals surface area contributed by atoms with Crippen LogP contribution in [0.5, 0.6) is 0 Å². The summed E-state index contributed by atoms with van der Waals surface area (Å²) in [6.07, 6.45) is 2.36. The van der Waals surface area contributed by atoms with E-state index in [0.29, 0.717) is 11.0 Å². The first-order valence-corrected chi connectivity index (χ1v) is 9.76. The topological polar surface area (TPSA) is 79.5 Å². The Labute approximate surface area is 131 Å². The molecule has 1 atom stereocenters. The lowest BCUT2D eigenvalue weighted by Crippen LogP contribution is -2.38. The third kappa shape index (κ3) is 3.32. The molecule has 0 saturated carbocycles. The van der Waals surface area contributed by atoms with Crippen LogP contribution in [0, 0.1) is 0 Å². The van der Waals surface area contributed by atoms with Gasteiger partial charge in [-0.25, -0.2) is 8.42 Å². The van der Waals surface area contributed by atoms with E-state index in [1.54, 1.807) is 6.92 Å². The minimum atomic E-state index is -3.35. The van der Waals surface area contributed by atoms with E-state index in [9.17, 15) is 8.42 Å². The van der Waals surface area contributed by atoms with Gasteiger partial charge in [0.25, 0.3) is 0 Å². The Morgan fingerprint density at radius 1 is 1.48 bits per heavy atom. The van der Waals surface area contributed by atoms with Gasteiger partial charge in [-0.3, -0.25) is 4.90 Å².